The molecule has 1 fully saturated rings. The van der Waals surface area contributed by atoms with E-state index in [4.69, 9.17) is 0 Å². The van der Waals surface area contributed by atoms with Crippen LogP contribution in [0.3, 0.4) is 0 Å². The highest BCUT2D eigenvalue weighted by atomic mass is 19.4. The molecular weight excluding hydrogens is 475 g/mol. The summed E-state index contributed by atoms with van der Waals surface area (Å²) < 4.78 is 39.2. The second kappa shape index (κ2) is 9.92. The van der Waals surface area contributed by atoms with Gasteiger partial charge in [-0.2, -0.15) is 13.2 Å². The van der Waals surface area contributed by atoms with Gasteiger partial charge in [0, 0.05) is 61.6 Å². The summed E-state index contributed by atoms with van der Waals surface area (Å²) in [5.74, 6) is 0.879. The zero-order chi connectivity index (χ0) is 26.0. The molecular formula is C25H24F3N5O3. The maximum atomic E-state index is 13.1. The second-order valence-corrected chi connectivity index (χ2v) is 8.62. The Morgan fingerprint density at radius 2 is 1.69 bits per heavy atom. The molecule has 3 aromatic rings. The molecule has 0 radical (unpaired) electrons. The van der Waals surface area contributed by atoms with Gasteiger partial charge < -0.3 is 9.80 Å². The van der Waals surface area contributed by atoms with Gasteiger partial charge in [-0.25, -0.2) is 9.97 Å². The predicted octanol–water partition coefficient (Wildman–Crippen LogP) is 4.57. The number of carbonyl (C=O) groups excluding carboxylic acids is 1. The highest BCUT2D eigenvalue weighted by molar-refractivity contribution is 5.94. The van der Waals surface area contributed by atoms with Crippen LogP contribution in [0.4, 0.5) is 24.7 Å². The number of hydrogen-bond donors (Lipinski definition) is 0. The van der Waals surface area contributed by atoms with Crippen LogP contribution in [0.5, 0.6) is 0 Å². The molecule has 2 aromatic carbocycles. The van der Waals surface area contributed by atoms with Crippen LogP contribution in [0.1, 0.15) is 38.6 Å². The number of aryl methyl sites for hydroxylation is 2. The third-order valence-corrected chi connectivity index (χ3v) is 6.14. The van der Waals surface area contributed by atoms with Gasteiger partial charge in [0.25, 0.3) is 11.6 Å². The summed E-state index contributed by atoms with van der Waals surface area (Å²) in [5, 5.41) is 10.9. The number of nitrogens with zero attached hydrogens (tertiary/aromatic N) is 5. The van der Waals surface area contributed by atoms with E-state index in [2.05, 4.69) is 9.97 Å². The van der Waals surface area contributed by atoms with Crippen LogP contribution >= 0.6 is 0 Å². The van der Waals surface area contributed by atoms with Gasteiger partial charge in [-0.15, -0.1) is 0 Å². The van der Waals surface area contributed by atoms with E-state index in [9.17, 15) is 28.1 Å². The summed E-state index contributed by atoms with van der Waals surface area (Å²) in [5.41, 5.74) is 1.71. The summed E-state index contributed by atoms with van der Waals surface area (Å²) in [4.78, 5) is 36.1. The fraction of sp³-hybridized carbons (Fsp3) is 0.320. The molecule has 8 nitrogen and oxygen atoms in total. The van der Waals surface area contributed by atoms with Gasteiger partial charge in [-0.1, -0.05) is 18.2 Å². The van der Waals surface area contributed by atoms with Crippen molar-refractivity contribution in [3.05, 3.63) is 92.4 Å². The monoisotopic (exact) mass is 499 g/mol. The van der Waals surface area contributed by atoms with Crippen LogP contribution in [0.15, 0.2) is 48.5 Å². The van der Waals surface area contributed by atoms with Gasteiger partial charge in [-0.05, 0) is 37.6 Å². The maximum absolute atomic E-state index is 13.1. The summed E-state index contributed by atoms with van der Waals surface area (Å²) >= 11 is 0. The normalized spacial score (nSPS) is 14.1. The van der Waals surface area contributed by atoms with Crippen molar-refractivity contribution in [1.29, 1.82) is 0 Å². The SMILES string of the molecule is Cc1nc(C)c(Cc2ccc([N+](=O)[O-])cc2)c(N2CCN(C(=O)c3cccc(C(F)(F)F)c3)CC2)n1. The molecule has 4 rings (SSSR count). The number of halogens is 3. The summed E-state index contributed by atoms with van der Waals surface area (Å²) in [6.45, 7) is 5.23. The first-order chi connectivity index (χ1) is 17.0. The molecule has 0 spiro atoms. The number of aromatic nitrogens is 2. The average molecular weight is 499 g/mol. The molecule has 11 heteroatoms. The Hall–Kier alpha value is -4.02. The van der Waals surface area contributed by atoms with Gasteiger partial charge in [0.2, 0.25) is 0 Å². The van der Waals surface area contributed by atoms with E-state index >= 15 is 0 Å². The Labute approximate surface area is 205 Å². The van der Waals surface area contributed by atoms with Gasteiger partial charge in [-0.3, -0.25) is 14.9 Å². The lowest BCUT2D eigenvalue weighted by Crippen LogP contribution is -2.49. The first kappa shape index (κ1) is 25.1. The molecule has 0 atom stereocenters. The van der Waals surface area contributed by atoms with Gasteiger partial charge in [0.1, 0.15) is 11.6 Å². The van der Waals surface area contributed by atoms with Crippen LogP contribution < -0.4 is 4.90 Å². The topological polar surface area (TPSA) is 92.5 Å². The molecule has 2 heterocycles. The molecule has 0 N–H and O–H groups in total. The number of benzene rings is 2. The summed E-state index contributed by atoms with van der Waals surface area (Å²) in [6, 6.07) is 10.8. The van der Waals surface area contributed by atoms with E-state index in [0.717, 1.165) is 34.8 Å². The molecule has 1 amide bonds. The lowest BCUT2D eigenvalue weighted by atomic mass is 10.0. The first-order valence-corrected chi connectivity index (χ1v) is 11.3. The van der Waals surface area contributed by atoms with Crippen molar-refractivity contribution >= 4 is 17.4 Å². The molecule has 0 aliphatic carbocycles. The number of hydrogen-bond acceptors (Lipinski definition) is 6. The van der Waals surface area contributed by atoms with Gasteiger partial charge in [0.15, 0.2) is 0 Å². The Kier molecular flexibility index (Phi) is 6.91. The molecule has 1 aliphatic rings. The van der Waals surface area contributed by atoms with Crippen molar-refractivity contribution in [2.24, 2.45) is 0 Å². The Morgan fingerprint density at radius 3 is 2.31 bits per heavy atom. The third-order valence-electron chi connectivity index (χ3n) is 6.14. The molecule has 0 saturated carbocycles. The van der Waals surface area contributed by atoms with E-state index in [1.54, 1.807) is 24.0 Å². The van der Waals surface area contributed by atoms with E-state index in [1.165, 1.54) is 24.3 Å². The third kappa shape index (κ3) is 5.45. The second-order valence-electron chi connectivity index (χ2n) is 8.62. The molecule has 0 bridgehead atoms. The molecule has 1 aromatic heterocycles. The van der Waals surface area contributed by atoms with Gasteiger partial charge >= 0.3 is 6.18 Å². The number of rotatable bonds is 5. The quantitative estimate of drug-likeness (QED) is 0.377. The van der Waals surface area contributed by atoms with E-state index in [0.29, 0.717) is 38.4 Å². The molecule has 1 saturated heterocycles. The van der Waals surface area contributed by atoms with E-state index < -0.39 is 22.6 Å². The summed E-state index contributed by atoms with van der Waals surface area (Å²) in [7, 11) is 0. The minimum atomic E-state index is -4.52. The lowest BCUT2D eigenvalue weighted by molar-refractivity contribution is -0.384. The largest absolute Gasteiger partial charge is 0.416 e. The smallest absolute Gasteiger partial charge is 0.353 e. The molecule has 36 heavy (non-hydrogen) atoms. The van der Waals surface area contributed by atoms with Crippen molar-refractivity contribution < 1.29 is 22.9 Å². The van der Waals surface area contributed by atoms with Crippen LogP contribution in [0.2, 0.25) is 0 Å². The van der Waals surface area contributed by atoms with Crippen molar-refractivity contribution in [3.8, 4) is 0 Å². The summed E-state index contributed by atoms with van der Waals surface area (Å²) in [6.07, 6.45) is -4.04. The lowest BCUT2D eigenvalue weighted by Gasteiger charge is -2.36. The number of nitro groups is 1. The highest BCUT2D eigenvalue weighted by Gasteiger charge is 2.32. The van der Waals surface area contributed by atoms with Gasteiger partial charge in [0.05, 0.1) is 10.5 Å². The number of nitro benzene ring substituents is 1. The average Bonchev–Trinajstić information content (AvgIpc) is 2.85. The van der Waals surface area contributed by atoms with E-state index in [1.807, 2.05) is 11.8 Å². The zero-order valence-corrected chi connectivity index (χ0v) is 19.7. The predicted molar refractivity (Wildman–Crippen MR) is 127 cm³/mol. The number of non-ortho nitro benzene ring substituents is 1. The fourth-order valence-electron chi connectivity index (χ4n) is 4.26. The van der Waals surface area contributed by atoms with Crippen LogP contribution in [0.25, 0.3) is 0 Å². The van der Waals surface area contributed by atoms with E-state index in [-0.39, 0.29) is 11.3 Å². The minimum absolute atomic E-state index is 0.00543. The first-order valence-electron chi connectivity index (χ1n) is 11.3. The van der Waals surface area contributed by atoms with Crippen molar-refractivity contribution in [2.75, 3.05) is 31.1 Å². The number of anilines is 1. The van der Waals surface area contributed by atoms with Crippen molar-refractivity contribution in [2.45, 2.75) is 26.4 Å². The molecule has 188 valence electrons. The Bertz CT molecular complexity index is 1290. The van der Waals surface area contributed by atoms with Crippen LogP contribution in [-0.2, 0) is 12.6 Å². The number of alkyl halides is 3. The van der Waals surface area contributed by atoms with Crippen molar-refractivity contribution in [3.63, 3.8) is 0 Å². The highest BCUT2D eigenvalue weighted by Crippen LogP contribution is 2.30. The molecule has 1 aliphatic heterocycles. The fourth-order valence-corrected chi connectivity index (χ4v) is 4.26. The van der Waals surface area contributed by atoms with Crippen molar-refractivity contribution in [1.82, 2.24) is 14.9 Å². The van der Waals surface area contributed by atoms with Crippen LogP contribution in [0, 0.1) is 24.0 Å². The zero-order valence-electron chi connectivity index (χ0n) is 19.7. The number of amides is 1. The number of piperazine rings is 1. The van der Waals surface area contributed by atoms with Crippen LogP contribution in [-0.4, -0.2) is 51.9 Å². The minimum Gasteiger partial charge on any atom is -0.353 e. The standard InChI is InChI=1S/C25H24F3N5O3/c1-16-22(14-18-6-8-21(9-7-18)33(35)36)23(30-17(2)29-16)31-10-12-32(13-11-31)24(34)19-4-3-5-20(15-19)25(26,27)28/h3-9,15H,10-14H2,1-2H3. The maximum Gasteiger partial charge on any atom is 0.416 e. The molecule has 0 unspecified atom stereocenters. The number of carbonyl (C=O) groups is 1. The Morgan fingerprint density at radius 1 is 1.03 bits per heavy atom. The Balaban J connectivity index is 1.51.